The fourth-order valence-corrected chi connectivity index (χ4v) is 1.41. The molecule has 0 radical (unpaired) electrons. The maximum atomic E-state index is 10.6. The predicted molar refractivity (Wildman–Crippen MR) is 46.1 cm³/mol. The Labute approximate surface area is 76.3 Å². The summed E-state index contributed by atoms with van der Waals surface area (Å²) in [5, 5.41) is 0. The third kappa shape index (κ3) is 1.61. The fraction of sp³-hybridized carbons (Fsp3) is 0.300. The van der Waals surface area contributed by atoms with Crippen LogP contribution in [0.4, 0.5) is 0 Å². The molecule has 1 fully saturated rings. The van der Waals surface area contributed by atoms with Crippen molar-refractivity contribution in [3.63, 3.8) is 0 Å². The van der Waals surface area contributed by atoms with Gasteiger partial charge in [-0.05, 0) is 5.56 Å². The topological polar surface area (TPSA) is 35.5 Å². The van der Waals surface area contributed by atoms with E-state index in [4.69, 9.17) is 9.47 Å². The van der Waals surface area contributed by atoms with Gasteiger partial charge in [-0.2, -0.15) is 0 Å². The molecule has 13 heavy (non-hydrogen) atoms. The van der Waals surface area contributed by atoms with Crippen LogP contribution in [0.1, 0.15) is 11.7 Å². The first-order chi connectivity index (χ1) is 6.42. The van der Waals surface area contributed by atoms with Crippen molar-refractivity contribution in [2.24, 2.45) is 0 Å². The second kappa shape index (κ2) is 3.68. The van der Waals surface area contributed by atoms with Gasteiger partial charge in [-0.15, -0.1) is 0 Å². The zero-order valence-corrected chi connectivity index (χ0v) is 7.05. The number of benzene rings is 1. The van der Waals surface area contributed by atoms with Crippen LogP contribution in [0.3, 0.4) is 0 Å². The third-order valence-corrected chi connectivity index (χ3v) is 2.07. The van der Waals surface area contributed by atoms with Crippen LogP contribution in [0.2, 0.25) is 0 Å². The highest BCUT2D eigenvalue weighted by Crippen LogP contribution is 2.27. The standard InChI is InChI=1S/C10H10O3/c11-6-9-10(13-7-12-9)8-4-2-1-3-5-8/h1-6,9-10H,7H2. The summed E-state index contributed by atoms with van der Waals surface area (Å²) in [7, 11) is 0. The van der Waals surface area contributed by atoms with Crippen molar-refractivity contribution < 1.29 is 14.3 Å². The molecule has 1 aromatic rings. The highest BCUT2D eigenvalue weighted by Gasteiger charge is 2.29. The number of hydrogen-bond donors (Lipinski definition) is 0. The van der Waals surface area contributed by atoms with Gasteiger partial charge in [0.25, 0.3) is 0 Å². The molecule has 1 saturated heterocycles. The zero-order valence-electron chi connectivity index (χ0n) is 7.05. The van der Waals surface area contributed by atoms with Crippen LogP contribution in [-0.2, 0) is 14.3 Å². The Morgan fingerprint density at radius 2 is 2.00 bits per heavy atom. The number of rotatable bonds is 2. The van der Waals surface area contributed by atoms with Gasteiger partial charge < -0.3 is 14.3 Å². The summed E-state index contributed by atoms with van der Waals surface area (Å²) < 4.78 is 10.4. The Morgan fingerprint density at radius 1 is 1.23 bits per heavy atom. The number of carbonyl (C=O) groups is 1. The van der Waals surface area contributed by atoms with Gasteiger partial charge in [0.2, 0.25) is 0 Å². The normalized spacial score (nSPS) is 27.4. The first-order valence-corrected chi connectivity index (χ1v) is 4.15. The van der Waals surface area contributed by atoms with Crippen LogP contribution in [0.5, 0.6) is 0 Å². The molecule has 1 aromatic carbocycles. The van der Waals surface area contributed by atoms with Gasteiger partial charge >= 0.3 is 0 Å². The van der Waals surface area contributed by atoms with E-state index in [1.54, 1.807) is 0 Å². The smallest absolute Gasteiger partial charge is 0.151 e. The number of hydrogen-bond acceptors (Lipinski definition) is 3. The first kappa shape index (κ1) is 8.41. The van der Waals surface area contributed by atoms with Crippen molar-refractivity contribution >= 4 is 6.29 Å². The van der Waals surface area contributed by atoms with Crippen LogP contribution in [0.15, 0.2) is 30.3 Å². The molecule has 2 rings (SSSR count). The average Bonchev–Trinajstić information content (AvgIpc) is 2.67. The molecule has 0 aromatic heterocycles. The van der Waals surface area contributed by atoms with E-state index in [2.05, 4.69) is 0 Å². The highest BCUT2D eigenvalue weighted by atomic mass is 16.7. The largest absolute Gasteiger partial charge is 0.344 e. The lowest BCUT2D eigenvalue weighted by Crippen LogP contribution is -2.16. The van der Waals surface area contributed by atoms with E-state index in [1.165, 1.54) is 0 Å². The van der Waals surface area contributed by atoms with E-state index in [-0.39, 0.29) is 12.9 Å². The Hall–Kier alpha value is -1.19. The highest BCUT2D eigenvalue weighted by molar-refractivity contribution is 5.58. The summed E-state index contributed by atoms with van der Waals surface area (Å²) >= 11 is 0. The molecule has 0 saturated carbocycles. The molecule has 0 spiro atoms. The van der Waals surface area contributed by atoms with Crippen molar-refractivity contribution in [1.82, 2.24) is 0 Å². The predicted octanol–water partition coefficient (Wildman–Crippen LogP) is 1.30. The third-order valence-electron chi connectivity index (χ3n) is 2.07. The van der Waals surface area contributed by atoms with Crippen molar-refractivity contribution in [2.45, 2.75) is 12.2 Å². The Balaban J connectivity index is 2.21. The van der Waals surface area contributed by atoms with Crippen molar-refractivity contribution in [1.29, 1.82) is 0 Å². The molecule has 0 aliphatic carbocycles. The molecule has 1 aliphatic rings. The number of ether oxygens (including phenoxy) is 2. The summed E-state index contributed by atoms with van der Waals surface area (Å²) in [5.74, 6) is 0. The summed E-state index contributed by atoms with van der Waals surface area (Å²) in [4.78, 5) is 10.6. The second-order valence-corrected chi connectivity index (χ2v) is 2.88. The monoisotopic (exact) mass is 178 g/mol. The Kier molecular flexibility index (Phi) is 2.38. The first-order valence-electron chi connectivity index (χ1n) is 4.15. The minimum atomic E-state index is -0.456. The van der Waals surface area contributed by atoms with Crippen LogP contribution in [0, 0.1) is 0 Å². The van der Waals surface area contributed by atoms with E-state index in [9.17, 15) is 4.79 Å². The van der Waals surface area contributed by atoms with E-state index in [1.807, 2.05) is 30.3 Å². The van der Waals surface area contributed by atoms with Crippen LogP contribution in [-0.4, -0.2) is 19.2 Å². The van der Waals surface area contributed by atoms with Gasteiger partial charge in [0, 0.05) is 0 Å². The SMILES string of the molecule is O=CC1OCOC1c1ccccc1. The van der Waals surface area contributed by atoms with Gasteiger partial charge in [-0.1, -0.05) is 30.3 Å². The molecule has 3 nitrogen and oxygen atoms in total. The van der Waals surface area contributed by atoms with Gasteiger partial charge in [0.15, 0.2) is 6.29 Å². The molecule has 1 aliphatic heterocycles. The lowest BCUT2D eigenvalue weighted by Gasteiger charge is -2.11. The van der Waals surface area contributed by atoms with Gasteiger partial charge in [0.1, 0.15) is 19.0 Å². The Bertz CT molecular complexity index is 283. The minimum Gasteiger partial charge on any atom is -0.344 e. The zero-order chi connectivity index (χ0) is 9.10. The van der Waals surface area contributed by atoms with Crippen molar-refractivity contribution in [2.75, 3.05) is 6.79 Å². The summed E-state index contributed by atoms with van der Waals surface area (Å²) in [6.45, 7) is 0.197. The van der Waals surface area contributed by atoms with E-state index >= 15 is 0 Å². The van der Waals surface area contributed by atoms with Crippen molar-refractivity contribution in [3.8, 4) is 0 Å². The average molecular weight is 178 g/mol. The van der Waals surface area contributed by atoms with Gasteiger partial charge in [0.05, 0.1) is 0 Å². The van der Waals surface area contributed by atoms with E-state index in [0.717, 1.165) is 11.8 Å². The Morgan fingerprint density at radius 3 is 2.69 bits per heavy atom. The lowest BCUT2D eigenvalue weighted by atomic mass is 10.1. The molecule has 0 N–H and O–H groups in total. The lowest BCUT2D eigenvalue weighted by molar-refractivity contribution is -0.116. The molecule has 2 unspecified atom stereocenters. The molecule has 2 atom stereocenters. The fourth-order valence-electron chi connectivity index (χ4n) is 1.41. The van der Waals surface area contributed by atoms with Crippen LogP contribution < -0.4 is 0 Å². The number of aldehydes is 1. The molecule has 68 valence electrons. The molecule has 1 heterocycles. The second-order valence-electron chi connectivity index (χ2n) is 2.88. The molecular weight excluding hydrogens is 168 g/mol. The molecular formula is C10H10O3. The number of carbonyl (C=O) groups excluding carboxylic acids is 1. The summed E-state index contributed by atoms with van der Waals surface area (Å²) in [5.41, 5.74) is 0.983. The quantitative estimate of drug-likeness (QED) is 0.640. The maximum absolute atomic E-state index is 10.6. The van der Waals surface area contributed by atoms with Crippen molar-refractivity contribution in [3.05, 3.63) is 35.9 Å². The maximum Gasteiger partial charge on any atom is 0.151 e. The summed E-state index contributed by atoms with van der Waals surface area (Å²) in [6, 6.07) is 9.61. The van der Waals surface area contributed by atoms with Crippen LogP contribution >= 0.6 is 0 Å². The van der Waals surface area contributed by atoms with Crippen LogP contribution in [0.25, 0.3) is 0 Å². The molecule has 0 bridgehead atoms. The van der Waals surface area contributed by atoms with E-state index in [0.29, 0.717) is 0 Å². The summed E-state index contributed by atoms with van der Waals surface area (Å²) in [6.07, 6.45) is 0.0890. The minimum absolute atomic E-state index is 0.197. The van der Waals surface area contributed by atoms with Gasteiger partial charge in [-0.25, -0.2) is 0 Å². The molecule has 3 heteroatoms. The van der Waals surface area contributed by atoms with Gasteiger partial charge in [-0.3, -0.25) is 0 Å². The molecule has 0 amide bonds. The van der Waals surface area contributed by atoms with E-state index < -0.39 is 6.10 Å².